The van der Waals surface area contributed by atoms with Crippen molar-refractivity contribution in [3.8, 4) is 5.69 Å². The maximum atomic E-state index is 11.9. The van der Waals surface area contributed by atoms with E-state index in [1.54, 1.807) is 15.4 Å². The molecule has 2 aromatic heterocycles. The van der Waals surface area contributed by atoms with Crippen LogP contribution in [0, 0.1) is 6.92 Å². The van der Waals surface area contributed by atoms with Gasteiger partial charge in [-0.25, -0.2) is 14.5 Å². The van der Waals surface area contributed by atoms with Gasteiger partial charge in [0, 0.05) is 12.4 Å². The molecule has 3 aromatic rings. The van der Waals surface area contributed by atoms with Crippen molar-refractivity contribution in [2.75, 3.05) is 0 Å². The Bertz CT molecular complexity index is 738. The van der Waals surface area contributed by atoms with Crippen molar-refractivity contribution in [3.05, 3.63) is 64.6 Å². The predicted octanol–water partition coefficient (Wildman–Crippen LogP) is 1.11. The molecule has 1 aromatic carbocycles. The van der Waals surface area contributed by atoms with E-state index < -0.39 is 0 Å². The zero-order valence-electron chi connectivity index (χ0n) is 10.4. The largest absolute Gasteiger partial charge is 0.347 e. The standard InChI is InChI=1S/C13H13N5O/c1-10-4-2-5-11(8-10)18-12(15-16-13(18)19)9-17-7-3-6-14-17/h2-8H,9H2,1H3,(H,16,19). The van der Waals surface area contributed by atoms with Gasteiger partial charge in [-0.15, -0.1) is 0 Å². The summed E-state index contributed by atoms with van der Waals surface area (Å²) < 4.78 is 3.29. The normalized spacial score (nSPS) is 10.8. The van der Waals surface area contributed by atoms with Gasteiger partial charge in [0.05, 0.1) is 5.69 Å². The van der Waals surface area contributed by atoms with Crippen molar-refractivity contribution in [1.82, 2.24) is 24.5 Å². The van der Waals surface area contributed by atoms with Crippen LogP contribution in [0.2, 0.25) is 0 Å². The first-order valence-electron chi connectivity index (χ1n) is 5.95. The average Bonchev–Trinajstić information content (AvgIpc) is 3.00. The van der Waals surface area contributed by atoms with Crippen LogP contribution in [0.4, 0.5) is 0 Å². The summed E-state index contributed by atoms with van der Waals surface area (Å²) in [6, 6.07) is 9.57. The van der Waals surface area contributed by atoms with Gasteiger partial charge in [0.15, 0.2) is 5.82 Å². The highest BCUT2D eigenvalue weighted by molar-refractivity contribution is 5.36. The molecule has 0 bridgehead atoms. The van der Waals surface area contributed by atoms with E-state index in [0.29, 0.717) is 12.4 Å². The third-order valence-electron chi connectivity index (χ3n) is 2.86. The van der Waals surface area contributed by atoms with Crippen LogP contribution >= 0.6 is 0 Å². The molecular formula is C13H13N5O. The molecule has 0 saturated heterocycles. The van der Waals surface area contributed by atoms with Gasteiger partial charge in [-0.05, 0) is 30.7 Å². The molecule has 0 aliphatic rings. The Morgan fingerprint density at radius 3 is 2.95 bits per heavy atom. The third-order valence-corrected chi connectivity index (χ3v) is 2.86. The lowest BCUT2D eigenvalue weighted by molar-refractivity contribution is 0.643. The summed E-state index contributed by atoms with van der Waals surface area (Å²) in [6.07, 6.45) is 3.53. The zero-order valence-corrected chi connectivity index (χ0v) is 10.4. The van der Waals surface area contributed by atoms with Crippen molar-refractivity contribution >= 4 is 0 Å². The maximum Gasteiger partial charge on any atom is 0.347 e. The molecule has 0 radical (unpaired) electrons. The minimum absolute atomic E-state index is 0.243. The van der Waals surface area contributed by atoms with Crippen LogP contribution in [0.15, 0.2) is 47.5 Å². The van der Waals surface area contributed by atoms with Gasteiger partial charge in [-0.1, -0.05) is 12.1 Å². The Morgan fingerprint density at radius 1 is 1.32 bits per heavy atom. The summed E-state index contributed by atoms with van der Waals surface area (Å²) in [5, 5.41) is 10.7. The first kappa shape index (κ1) is 11.5. The van der Waals surface area contributed by atoms with Crippen molar-refractivity contribution in [1.29, 1.82) is 0 Å². The van der Waals surface area contributed by atoms with Crippen LogP contribution in [0.1, 0.15) is 11.4 Å². The van der Waals surface area contributed by atoms with Crippen molar-refractivity contribution in [2.24, 2.45) is 0 Å². The second-order valence-corrected chi connectivity index (χ2v) is 4.32. The highest BCUT2D eigenvalue weighted by atomic mass is 16.1. The Morgan fingerprint density at radius 2 is 2.21 bits per heavy atom. The van der Waals surface area contributed by atoms with Crippen LogP contribution in [0.3, 0.4) is 0 Å². The Balaban J connectivity index is 2.06. The van der Waals surface area contributed by atoms with E-state index in [9.17, 15) is 4.79 Å². The van der Waals surface area contributed by atoms with Gasteiger partial charge < -0.3 is 0 Å². The molecule has 6 heteroatoms. The molecule has 6 nitrogen and oxygen atoms in total. The first-order valence-corrected chi connectivity index (χ1v) is 5.95. The number of aryl methyl sites for hydroxylation is 1. The fourth-order valence-electron chi connectivity index (χ4n) is 2.01. The number of nitrogens with zero attached hydrogens (tertiary/aromatic N) is 4. The molecule has 1 N–H and O–H groups in total. The zero-order chi connectivity index (χ0) is 13.2. The molecule has 2 heterocycles. The summed E-state index contributed by atoms with van der Waals surface area (Å²) in [5.41, 5.74) is 1.66. The number of aromatic amines is 1. The summed E-state index contributed by atoms with van der Waals surface area (Å²) in [6.45, 7) is 2.43. The molecule has 96 valence electrons. The molecule has 0 spiro atoms. The van der Waals surface area contributed by atoms with Crippen molar-refractivity contribution < 1.29 is 0 Å². The number of hydrogen-bond donors (Lipinski definition) is 1. The van der Waals surface area contributed by atoms with Gasteiger partial charge in [0.2, 0.25) is 0 Å². The van der Waals surface area contributed by atoms with Gasteiger partial charge in [0.25, 0.3) is 0 Å². The molecule has 0 atom stereocenters. The number of benzene rings is 1. The molecule has 0 aliphatic carbocycles. The number of rotatable bonds is 3. The second-order valence-electron chi connectivity index (χ2n) is 4.32. The third kappa shape index (κ3) is 2.20. The lowest BCUT2D eigenvalue weighted by atomic mass is 10.2. The highest BCUT2D eigenvalue weighted by Gasteiger charge is 2.10. The summed E-state index contributed by atoms with van der Waals surface area (Å²) in [4.78, 5) is 11.9. The Kier molecular flexibility index (Phi) is 2.75. The van der Waals surface area contributed by atoms with E-state index in [1.807, 2.05) is 43.5 Å². The monoisotopic (exact) mass is 255 g/mol. The van der Waals surface area contributed by atoms with Gasteiger partial charge in [-0.3, -0.25) is 4.68 Å². The van der Waals surface area contributed by atoms with E-state index >= 15 is 0 Å². The average molecular weight is 255 g/mol. The quantitative estimate of drug-likeness (QED) is 0.762. The number of hydrogen-bond acceptors (Lipinski definition) is 3. The molecule has 0 unspecified atom stereocenters. The lowest BCUT2D eigenvalue weighted by Crippen LogP contribution is -2.18. The van der Waals surface area contributed by atoms with Crippen LogP contribution in [-0.2, 0) is 6.54 Å². The lowest BCUT2D eigenvalue weighted by Gasteiger charge is -2.06. The van der Waals surface area contributed by atoms with Crippen LogP contribution in [0.25, 0.3) is 5.69 Å². The predicted molar refractivity (Wildman–Crippen MR) is 70.3 cm³/mol. The SMILES string of the molecule is Cc1cccc(-n2c(Cn3cccn3)n[nH]c2=O)c1. The molecular weight excluding hydrogens is 242 g/mol. The molecule has 19 heavy (non-hydrogen) atoms. The smallest absolute Gasteiger partial charge is 0.265 e. The molecule has 0 amide bonds. The van der Waals surface area contributed by atoms with Gasteiger partial charge in [0.1, 0.15) is 6.54 Å². The summed E-state index contributed by atoms with van der Waals surface area (Å²) in [5.74, 6) is 0.624. The number of aromatic nitrogens is 5. The minimum atomic E-state index is -0.243. The second kappa shape index (κ2) is 4.56. The summed E-state index contributed by atoms with van der Waals surface area (Å²) >= 11 is 0. The first-order chi connectivity index (χ1) is 9.24. The van der Waals surface area contributed by atoms with E-state index in [2.05, 4.69) is 15.3 Å². The van der Waals surface area contributed by atoms with E-state index in [0.717, 1.165) is 11.3 Å². The van der Waals surface area contributed by atoms with Crippen LogP contribution in [0.5, 0.6) is 0 Å². The molecule has 0 aliphatic heterocycles. The van der Waals surface area contributed by atoms with E-state index in [-0.39, 0.29) is 5.69 Å². The van der Waals surface area contributed by atoms with Crippen molar-refractivity contribution in [3.63, 3.8) is 0 Å². The highest BCUT2D eigenvalue weighted by Crippen LogP contribution is 2.10. The topological polar surface area (TPSA) is 68.5 Å². The Labute approximate surface area is 109 Å². The minimum Gasteiger partial charge on any atom is -0.265 e. The number of H-pyrrole nitrogens is 1. The fourth-order valence-corrected chi connectivity index (χ4v) is 2.01. The van der Waals surface area contributed by atoms with E-state index in [1.165, 1.54) is 0 Å². The van der Waals surface area contributed by atoms with Gasteiger partial charge >= 0.3 is 5.69 Å². The summed E-state index contributed by atoms with van der Waals surface area (Å²) in [7, 11) is 0. The van der Waals surface area contributed by atoms with Crippen LogP contribution < -0.4 is 5.69 Å². The molecule has 3 rings (SSSR count). The Hall–Kier alpha value is -2.63. The fraction of sp³-hybridized carbons (Fsp3) is 0.154. The van der Waals surface area contributed by atoms with Crippen LogP contribution in [-0.4, -0.2) is 24.5 Å². The maximum absolute atomic E-state index is 11.9. The van der Waals surface area contributed by atoms with Crippen molar-refractivity contribution in [2.45, 2.75) is 13.5 Å². The van der Waals surface area contributed by atoms with Gasteiger partial charge in [-0.2, -0.15) is 10.2 Å². The van der Waals surface area contributed by atoms with E-state index in [4.69, 9.17) is 0 Å². The molecule has 0 saturated carbocycles. The molecule has 0 fully saturated rings. The number of nitrogens with one attached hydrogen (secondary N) is 1.